The van der Waals surface area contributed by atoms with Crippen LogP contribution in [-0.4, -0.2) is 62.7 Å². The lowest BCUT2D eigenvalue weighted by Crippen LogP contribution is -2.32. The number of carbonyl (C=O) groups excluding carboxylic acids is 1. The molecule has 7 nitrogen and oxygen atoms in total. The van der Waals surface area contributed by atoms with Gasteiger partial charge in [0.25, 0.3) is 5.91 Å². The Balaban J connectivity index is 1.56. The summed E-state index contributed by atoms with van der Waals surface area (Å²) < 4.78 is 47.9. The fourth-order valence-corrected chi connectivity index (χ4v) is 4.41. The first-order chi connectivity index (χ1) is 17.1. The van der Waals surface area contributed by atoms with Crippen molar-refractivity contribution in [1.29, 1.82) is 0 Å². The van der Waals surface area contributed by atoms with Crippen molar-refractivity contribution in [3.8, 4) is 11.5 Å². The summed E-state index contributed by atoms with van der Waals surface area (Å²) in [6.07, 6.45) is -2.39. The van der Waals surface area contributed by atoms with Crippen LogP contribution in [0.3, 0.4) is 0 Å². The molecule has 1 aliphatic rings. The van der Waals surface area contributed by atoms with Gasteiger partial charge in [0, 0.05) is 43.4 Å². The minimum atomic E-state index is -4.46. The Morgan fingerprint density at radius 3 is 2.72 bits per heavy atom. The van der Waals surface area contributed by atoms with E-state index in [4.69, 9.17) is 31.9 Å². The molecular formula is C25H31ClF3N3O4. The Morgan fingerprint density at radius 2 is 2.03 bits per heavy atom. The Morgan fingerprint density at radius 1 is 1.25 bits per heavy atom. The first-order valence-corrected chi connectivity index (χ1v) is 12.1. The quantitative estimate of drug-likeness (QED) is 0.342. The summed E-state index contributed by atoms with van der Waals surface area (Å²) in [6, 6.07) is 8.13. The fraction of sp³-hybridized carbons (Fsp3) is 0.480. The summed E-state index contributed by atoms with van der Waals surface area (Å²) in [5.74, 6) is -0.380. The van der Waals surface area contributed by atoms with Crippen LogP contribution in [0, 0.1) is 0 Å². The zero-order valence-electron chi connectivity index (χ0n) is 20.0. The number of nitrogens with one attached hydrogen (secondary N) is 1. The van der Waals surface area contributed by atoms with E-state index >= 15 is 0 Å². The van der Waals surface area contributed by atoms with Crippen molar-refractivity contribution in [3.05, 3.63) is 52.0 Å². The summed E-state index contributed by atoms with van der Waals surface area (Å²) in [7, 11) is 0. The van der Waals surface area contributed by atoms with Crippen LogP contribution >= 0.6 is 11.6 Å². The van der Waals surface area contributed by atoms with Crippen molar-refractivity contribution in [2.75, 3.05) is 44.4 Å². The van der Waals surface area contributed by atoms with Crippen LogP contribution in [0.5, 0.6) is 11.5 Å². The summed E-state index contributed by atoms with van der Waals surface area (Å²) in [6.45, 7) is 2.70. The Hall–Kier alpha value is -2.69. The summed E-state index contributed by atoms with van der Waals surface area (Å²) >= 11 is 5.95. The predicted molar refractivity (Wildman–Crippen MR) is 132 cm³/mol. The molecule has 2 aromatic rings. The average molecular weight is 530 g/mol. The number of fused-ring (bicyclic) bond motifs is 1. The largest absolute Gasteiger partial charge is 0.488 e. The van der Waals surface area contributed by atoms with Crippen LogP contribution in [-0.2, 0) is 12.8 Å². The maximum absolute atomic E-state index is 12.5. The maximum Gasteiger partial charge on any atom is 0.422 e. The van der Waals surface area contributed by atoms with Gasteiger partial charge in [0.05, 0.1) is 11.3 Å². The number of halogens is 4. The molecule has 0 spiro atoms. The topological polar surface area (TPSA) is 97.1 Å². The molecule has 0 saturated heterocycles. The highest BCUT2D eigenvalue weighted by molar-refractivity contribution is 6.30. The molecular weight excluding hydrogens is 499 g/mol. The fourth-order valence-electron chi connectivity index (χ4n) is 4.25. The van der Waals surface area contributed by atoms with Crippen molar-refractivity contribution < 1.29 is 32.5 Å². The van der Waals surface area contributed by atoms with Gasteiger partial charge in [-0.25, -0.2) is 0 Å². The van der Waals surface area contributed by atoms with Crippen LogP contribution in [0.4, 0.5) is 18.9 Å². The molecule has 11 heteroatoms. The van der Waals surface area contributed by atoms with E-state index in [0.717, 1.165) is 29.8 Å². The third-order valence-electron chi connectivity index (χ3n) is 5.76. The minimum absolute atomic E-state index is 0.0274. The molecule has 2 aromatic carbocycles. The molecule has 3 rings (SSSR count). The SMILES string of the molecule is CC(Cc1cc2c(c(C(N)=O)c1)N(CCCO)CC2)NCCOc1cc(Cl)ccc1OCC(F)(F)F. The number of carbonyl (C=O) groups is 1. The van der Waals surface area contributed by atoms with E-state index < -0.39 is 18.7 Å². The smallest absolute Gasteiger partial charge is 0.422 e. The van der Waals surface area contributed by atoms with E-state index in [2.05, 4.69) is 16.3 Å². The van der Waals surface area contributed by atoms with Gasteiger partial charge in [-0.05, 0) is 55.5 Å². The van der Waals surface area contributed by atoms with Gasteiger partial charge in [0.2, 0.25) is 0 Å². The van der Waals surface area contributed by atoms with E-state index in [1.807, 2.05) is 13.0 Å². The van der Waals surface area contributed by atoms with Gasteiger partial charge >= 0.3 is 6.18 Å². The van der Waals surface area contributed by atoms with E-state index in [1.165, 1.54) is 18.2 Å². The van der Waals surface area contributed by atoms with Gasteiger partial charge in [-0.15, -0.1) is 0 Å². The molecule has 1 unspecified atom stereocenters. The first kappa shape index (κ1) is 27.9. The lowest BCUT2D eigenvalue weighted by Gasteiger charge is -2.22. The predicted octanol–water partition coefficient (Wildman–Crippen LogP) is 3.72. The summed E-state index contributed by atoms with van der Waals surface area (Å²) in [5, 5.41) is 12.8. The Labute approximate surface area is 213 Å². The van der Waals surface area contributed by atoms with E-state index in [1.54, 1.807) is 0 Å². The second-order valence-corrected chi connectivity index (χ2v) is 9.17. The summed E-state index contributed by atoms with van der Waals surface area (Å²) in [5.41, 5.74) is 9.07. The van der Waals surface area contributed by atoms with Gasteiger partial charge in [0.15, 0.2) is 18.1 Å². The van der Waals surface area contributed by atoms with Gasteiger partial charge in [-0.2, -0.15) is 13.2 Å². The van der Waals surface area contributed by atoms with Gasteiger partial charge in [-0.3, -0.25) is 4.79 Å². The van der Waals surface area contributed by atoms with Crippen molar-refractivity contribution in [2.24, 2.45) is 5.73 Å². The first-order valence-electron chi connectivity index (χ1n) is 11.7. The number of nitrogens with zero attached hydrogens (tertiary/aromatic N) is 1. The lowest BCUT2D eigenvalue weighted by molar-refractivity contribution is -0.153. The number of primary amides is 1. The number of hydrogen-bond acceptors (Lipinski definition) is 6. The zero-order valence-corrected chi connectivity index (χ0v) is 20.8. The van der Waals surface area contributed by atoms with E-state index in [-0.39, 0.29) is 30.8 Å². The van der Waals surface area contributed by atoms with Gasteiger partial charge in [-0.1, -0.05) is 17.7 Å². The number of rotatable bonds is 13. The van der Waals surface area contributed by atoms with Crippen LogP contribution < -0.4 is 25.4 Å². The standard InChI is InChI=1S/C25H31ClF3N3O4/c1-16(31-6-10-35-22-14-19(26)3-4-21(22)36-15-25(27,28)29)11-17-12-18-5-8-32(7-2-9-33)23(18)20(13-17)24(30)34/h3-4,12-14,16,31,33H,2,5-11,15H2,1H3,(H2,30,34). The number of hydrogen-bond donors (Lipinski definition) is 3. The normalized spacial score (nSPS) is 14.0. The molecule has 0 radical (unpaired) electrons. The second kappa shape index (κ2) is 12.5. The molecule has 1 heterocycles. The highest BCUT2D eigenvalue weighted by atomic mass is 35.5. The van der Waals surface area contributed by atoms with E-state index in [0.29, 0.717) is 36.5 Å². The molecule has 36 heavy (non-hydrogen) atoms. The van der Waals surface area contributed by atoms with Crippen molar-refractivity contribution >= 4 is 23.2 Å². The molecule has 4 N–H and O–H groups in total. The van der Waals surface area contributed by atoms with Gasteiger partial charge < -0.3 is 30.5 Å². The number of alkyl halides is 3. The lowest BCUT2D eigenvalue weighted by atomic mass is 9.98. The maximum atomic E-state index is 12.5. The molecule has 1 aliphatic heterocycles. The number of ether oxygens (including phenoxy) is 2. The molecule has 0 saturated carbocycles. The number of aliphatic hydroxyl groups is 1. The summed E-state index contributed by atoms with van der Waals surface area (Å²) in [4.78, 5) is 14.2. The van der Waals surface area contributed by atoms with Gasteiger partial charge in [0.1, 0.15) is 6.61 Å². The molecule has 0 aliphatic carbocycles. The molecule has 1 amide bonds. The molecule has 0 aromatic heterocycles. The van der Waals surface area contributed by atoms with Crippen molar-refractivity contribution in [1.82, 2.24) is 5.32 Å². The Kier molecular flexibility index (Phi) is 9.69. The number of benzene rings is 2. The van der Waals surface area contributed by atoms with Crippen molar-refractivity contribution in [2.45, 2.75) is 38.4 Å². The number of aliphatic hydroxyl groups excluding tert-OH is 1. The third kappa shape index (κ3) is 7.91. The highest BCUT2D eigenvalue weighted by Gasteiger charge is 2.29. The molecule has 0 fully saturated rings. The van der Waals surface area contributed by atoms with E-state index in [9.17, 15) is 18.0 Å². The number of nitrogens with two attached hydrogens (primary N) is 1. The van der Waals surface area contributed by atoms with Crippen molar-refractivity contribution in [3.63, 3.8) is 0 Å². The highest BCUT2D eigenvalue weighted by Crippen LogP contribution is 2.34. The molecule has 198 valence electrons. The monoisotopic (exact) mass is 529 g/mol. The number of anilines is 1. The molecule has 0 bridgehead atoms. The Bertz CT molecular complexity index is 1050. The van der Waals surface area contributed by atoms with Crippen LogP contribution in [0.15, 0.2) is 30.3 Å². The van der Waals surface area contributed by atoms with Crippen LogP contribution in [0.25, 0.3) is 0 Å². The molecule has 1 atom stereocenters. The number of amides is 1. The average Bonchev–Trinajstić information content (AvgIpc) is 3.21. The third-order valence-corrected chi connectivity index (χ3v) is 5.99. The van der Waals surface area contributed by atoms with Crippen LogP contribution in [0.2, 0.25) is 5.02 Å². The zero-order chi connectivity index (χ0) is 26.3. The second-order valence-electron chi connectivity index (χ2n) is 8.73. The van der Waals surface area contributed by atoms with Crippen LogP contribution in [0.1, 0.15) is 34.8 Å². The minimum Gasteiger partial charge on any atom is -0.488 e.